The van der Waals surface area contributed by atoms with Crippen LogP contribution >= 0.6 is 23.5 Å². The first-order valence-corrected chi connectivity index (χ1v) is 15.1. The van der Waals surface area contributed by atoms with Gasteiger partial charge in [-0.15, -0.1) is 23.5 Å². The monoisotopic (exact) mass is 558 g/mol. The summed E-state index contributed by atoms with van der Waals surface area (Å²) in [6.07, 6.45) is 8.40. The lowest BCUT2D eigenvalue weighted by Crippen LogP contribution is -2.48. The van der Waals surface area contributed by atoms with E-state index in [4.69, 9.17) is 0 Å². The number of carboxylic acid groups (broad SMARTS) is 1. The fraction of sp³-hybridized carbons (Fsp3) is 0.656. The zero-order valence-electron chi connectivity index (χ0n) is 25.5. The van der Waals surface area contributed by atoms with Crippen molar-refractivity contribution in [1.29, 1.82) is 0 Å². The molecule has 3 rings (SSSR count). The Morgan fingerprint density at radius 1 is 0.632 bits per heavy atom. The second kappa shape index (κ2) is 8.99. The molecule has 6 heteroatoms. The van der Waals surface area contributed by atoms with Crippen molar-refractivity contribution in [3.05, 3.63) is 46.6 Å². The van der Waals surface area contributed by atoms with Crippen molar-refractivity contribution >= 4 is 41.1 Å². The molecule has 1 heterocycles. The van der Waals surface area contributed by atoms with Crippen molar-refractivity contribution in [2.24, 2.45) is 21.7 Å². The summed E-state index contributed by atoms with van der Waals surface area (Å²) in [5.74, 6) is -0.760. The van der Waals surface area contributed by atoms with Gasteiger partial charge < -0.3 is 5.11 Å². The number of fused-ring (bicyclic) bond motifs is 1. The predicted molar refractivity (Wildman–Crippen MR) is 161 cm³/mol. The van der Waals surface area contributed by atoms with E-state index < -0.39 is 41.2 Å². The molecule has 210 valence electrons. The smallest absolute Gasteiger partial charge is 0.305 e. The maximum atomic E-state index is 13.9. The summed E-state index contributed by atoms with van der Waals surface area (Å²) in [6.45, 7) is 26.7. The molecule has 1 saturated heterocycles. The highest BCUT2D eigenvalue weighted by Gasteiger charge is 2.64. The van der Waals surface area contributed by atoms with Crippen LogP contribution in [0.5, 0.6) is 0 Å². The Hall–Kier alpha value is -1.53. The molecule has 1 fully saturated rings. The van der Waals surface area contributed by atoms with Crippen LogP contribution in [-0.2, 0) is 14.4 Å². The van der Waals surface area contributed by atoms with Gasteiger partial charge in [0.1, 0.15) is 0 Å². The van der Waals surface area contributed by atoms with E-state index in [1.807, 2.05) is 6.92 Å². The average Bonchev–Trinajstić information content (AvgIpc) is 2.88. The molecule has 0 bridgehead atoms. The second-order valence-electron chi connectivity index (χ2n) is 15.4. The molecular formula is C32H46O4S2. The Kier molecular flexibility index (Phi) is 7.33. The first-order valence-electron chi connectivity index (χ1n) is 13.4. The van der Waals surface area contributed by atoms with E-state index in [1.54, 1.807) is 23.5 Å². The van der Waals surface area contributed by atoms with Gasteiger partial charge in [-0.3, -0.25) is 14.4 Å². The third kappa shape index (κ3) is 5.41. The maximum absolute atomic E-state index is 13.9. The van der Waals surface area contributed by atoms with Crippen LogP contribution < -0.4 is 0 Å². The third-order valence-electron chi connectivity index (χ3n) is 7.50. The number of hydrogen-bond acceptors (Lipinski definition) is 5. The maximum Gasteiger partial charge on any atom is 0.305 e. The van der Waals surface area contributed by atoms with E-state index in [0.717, 1.165) is 22.3 Å². The molecule has 0 aromatic carbocycles. The molecule has 2 spiro atoms. The molecular weight excluding hydrogens is 512 g/mol. The second-order valence-corrected chi connectivity index (χ2v) is 19.2. The number of thioether (sulfide) groups is 2. The lowest BCUT2D eigenvalue weighted by molar-refractivity contribution is -0.137. The third-order valence-corrected chi connectivity index (χ3v) is 11.1. The van der Waals surface area contributed by atoms with Crippen LogP contribution in [0.25, 0.3) is 0 Å². The highest BCUT2D eigenvalue weighted by molar-refractivity contribution is 8.23. The SMILES string of the molecule is CC1(CC(=O)O)SC2(C=C(C(C)(C)C)C(=O)C(C(C)(C)C)=C2)C2(C=C(C(C)(C)C)C(=O)C(C(C)(C)C)=C2)S1. The molecule has 0 aromatic heterocycles. The Bertz CT molecular complexity index is 1050. The Balaban J connectivity index is 2.55. The Morgan fingerprint density at radius 2 is 0.868 bits per heavy atom. The molecule has 2 aliphatic carbocycles. The predicted octanol–water partition coefficient (Wildman–Crippen LogP) is 8.19. The highest BCUT2D eigenvalue weighted by atomic mass is 32.2. The number of Topliss-reactive ketones (excluding diaryl/α,β-unsaturated/α-hetero) is 2. The summed E-state index contributed by atoms with van der Waals surface area (Å²) >= 11 is 3.23. The molecule has 3 aliphatic rings. The minimum atomic E-state index is -0.862. The number of aliphatic carboxylic acids is 1. The minimum absolute atomic E-state index is 0.0392. The van der Waals surface area contributed by atoms with Crippen LogP contribution in [0.15, 0.2) is 46.6 Å². The van der Waals surface area contributed by atoms with E-state index in [-0.39, 0.29) is 18.0 Å². The topological polar surface area (TPSA) is 71.4 Å². The van der Waals surface area contributed by atoms with Crippen molar-refractivity contribution in [2.75, 3.05) is 0 Å². The molecule has 4 nitrogen and oxygen atoms in total. The molecule has 0 saturated carbocycles. The van der Waals surface area contributed by atoms with Gasteiger partial charge in [0.15, 0.2) is 11.6 Å². The first-order chi connectivity index (χ1) is 16.8. The van der Waals surface area contributed by atoms with Gasteiger partial charge in [-0.1, -0.05) is 107 Å². The molecule has 0 atom stereocenters. The lowest BCUT2D eigenvalue weighted by atomic mass is 9.65. The Morgan fingerprint density at radius 3 is 1.05 bits per heavy atom. The number of carbonyl (C=O) groups is 3. The standard InChI is InChI=1S/C32H46O4S2/c1-26(2,3)19-14-31(15-20(24(19)35)27(4,5)6)32(38-30(13,37-31)18-23(33)34)16-21(28(7,8)9)25(36)22(17-32)29(10,11)12/h14-17H,18H2,1-13H3,(H,33,34). The average molecular weight is 559 g/mol. The van der Waals surface area contributed by atoms with Crippen molar-refractivity contribution in [3.8, 4) is 0 Å². The fourth-order valence-electron chi connectivity index (χ4n) is 5.53. The van der Waals surface area contributed by atoms with Crippen LogP contribution in [0.1, 0.15) is 96.4 Å². The fourth-order valence-corrected chi connectivity index (χ4v) is 9.86. The van der Waals surface area contributed by atoms with E-state index in [9.17, 15) is 19.5 Å². The van der Waals surface area contributed by atoms with E-state index in [2.05, 4.69) is 107 Å². The van der Waals surface area contributed by atoms with Crippen LogP contribution in [0.4, 0.5) is 0 Å². The van der Waals surface area contributed by atoms with Gasteiger partial charge in [0.25, 0.3) is 0 Å². The summed E-state index contributed by atoms with van der Waals surface area (Å²) in [5, 5.41) is 9.93. The van der Waals surface area contributed by atoms with Gasteiger partial charge in [0.2, 0.25) is 0 Å². The number of carboxylic acids is 1. The van der Waals surface area contributed by atoms with Gasteiger partial charge in [0, 0.05) is 22.3 Å². The molecule has 1 aliphatic heterocycles. The van der Waals surface area contributed by atoms with Gasteiger partial charge in [-0.25, -0.2) is 0 Å². The molecule has 38 heavy (non-hydrogen) atoms. The summed E-state index contributed by atoms with van der Waals surface area (Å²) in [5.41, 5.74) is 1.32. The summed E-state index contributed by atoms with van der Waals surface area (Å²) in [4.78, 5) is 40.0. The van der Waals surface area contributed by atoms with Crippen molar-refractivity contribution in [2.45, 2.75) is 110 Å². The van der Waals surface area contributed by atoms with E-state index in [0.29, 0.717) is 0 Å². The van der Waals surface area contributed by atoms with Crippen LogP contribution in [-0.4, -0.2) is 36.2 Å². The number of carbonyl (C=O) groups excluding carboxylic acids is 2. The van der Waals surface area contributed by atoms with Gasteiger partial charge in [-0.2, -0.15) is 0 Å². The van der Waals surface area contributed by atoms with Gasteiger partial charge >= 0.3 is 5.97 Å². The van der Waals surface area contributed by atoms with Gasteiger partial charge in [0.05, 0.1) is 20.0 Å². The minimum Gasteiger partial charge on any atom is -0.481 e. The van der Waals surface area contributed by atoms with Crippen LogP contribution in [0, 0.1) is 21.7 Å². The normalized spacial score (nSPS) is 23.3. The van der Waals surface area contributed by atoms with E-state index >= 15 is 0 Å². The molecule has 0 radical (unpaired) electrons. The number of ketones is 2. The van der Waals surface area contributed by atoms with Crippen molar-refractivity contribution in [3.63, 3.8) is 0 Å². The summed E-state index contributed by atoms with van der Waals surface area (Å²) < 4.78 is -2.20. The van der Waals surface area contributed by atoms with Crippen LogP contribution in [0.3, 0.4) is 0 Å². The van der Waals surface area contributed by atoms with Crippen molar-refractivity contribution in [1.82, 2.24) is 0 Å². The van der Waals surface area contributed by atoms with E-state index in [1.165, 1.54) is 0 Å². The van der Waals surface area contributed by atoms with Crippen LogP contribution in [0.2, 0.25) is 0 Å². The molecule has 0 amide bonds. The number of hydrogen-bond donors (Lipinski definition) is 1. The molecule has 1 N–H and O–H groups in total. The highest BCUT2D eigenvalue weighted by Crippen LogP contribution is 2.71. The lowest BCUT2D eigenvalue weighted by Gasteiger charge is -2.46. The van der Waals surface area contributed by atoms with Crippen molar-refractivity contribution < 1.29 is 19.5 Å². The quantitative estimate of drug-likeness (QED) is 0.368. The first kappa shape index (κ1) is 31.0. The number of allylic oxidation sites excluding steroid dienone is 4. The molecule has 0 unspecified atom stereocenters. The summed E-state index contributed by atoms with van der Waals surface area (Å²) in [6, 6.07) is 0. The zero-order chi connectivity index (χ0) is 29.5. The molecule has 0 aromatic rings. The van der Waals surface area contributed by atoms with Gasteiger partial charge in [-0.05, 0) is 28.6 Å². The zero-order valence-corrected chi connectivity index (χ0v) is 27.1. The summed E-state index contributed by atoms with van der Waals surface area (Å²) in [7, 11) is 0. The largest absolute Gasteiger partial charge is 0.481 e. The number of rotatable bonds is 2. The Labute approximate surface area is 238 Å².